The number of rotatable bonds is 2. The number of aliphatic hydroxyl groups excluding tert-OH is 1. The summed E-state index contributed by atoms with van der Waals surface area (Å²) >= 11 is 0. The van der Waals surface area contributed by atoms with Crippen molar-refractivity contribution in [2.45, 2.75) is 119 Å². The second-order valence-electron chi connectivity index (χ2n) is 15.4. The molecule has 0 aromatic heterocycles. The lowest BCUT2D eigenvalue weighted by molar-refractivity contribution is -0.196. The van der Waals surface area contributed by atoms with E-state index in [0.717, 1.165) is 57.8 Å². The summed E-state index contributed by atoms with van der Waals surface area (Å²) in [6.45, 7) is 18.6. The average molecular weight is 499 g/mol. The number of hydrogen-bond donors (Lipinski definition) is 1. The van der Waals surface area contributed by atoms with Gasteiger partial charge in [0.2, 0.25) is 0 Å². The Labute approximate surface area is 219 Å². The normalized spacial score (nSPS) is 49.0. The Hall–Kier alpha value is -1.16. The monoisotopic (exact) mass is 498 g/mol. The van der Waals surface area contributed by atoms with E-state index in [2.05, 4.69) is 54.5 Å². The summed E-state index contributed by atoms with van der Waals surface area (Å²) in [5, 5.41) is 10.9. The van der Waals surface area contributed by atoms with E-state index in [4.69, 9.17) is 4.74 Å². The number of carbonyl (C=O) groups excluding carboxylic acids is 2. The molecule has 0 bridgehead atoms. The van der Waals surface area contributed by atoms with Crippen LogP contribution in [0.5, 0.6) is 0 Å². The maximum absolute atomic E-state index is 14.4. The van der Waals surface area contributed by atoms with E-state index in [9.17, 15) is 14.7 Å². The van der Waals surface area contributed by atoms with E-state index in [1.54, 1.807) is 0 Å². The minimum atomic E-state index is -0.523. The molecule has 0 amide bonds. The number of hydrogen-bond acceptors (Lipinski definition) is 4. The van der Waals surface area contributed by atoms with Gasteiger partial charge in [-0.25, -0.2) is 0 Å². The second-order valence-corrected chi connectivity index (χ2v) is 15.4. The van der Waals surface area contributed by atoms with Gasteiger partial charge in [-0.05, 0) is 110 Å². The van der Waals surface area contributed by atoms with Crippen LogP contribution in [0.4, 0.5) is 0 Å². The fourth-order valence-corrected chi connectivity index (χ4v) is 10.6. The van der Waals surface area contributed by atoms with E-state index in [1.165, 1.54) is 5.57 Å². The molecular formula is C32H50O4. The number of ketones is 1. The molecule has 5 aliphatic carbocycles. The maximum atomic E-state index is 14.4. The number of esters is 1. The number of fused-ring (bicyclic) bond motifs is 7. The molecule has 0 aliphatic heterocycles. The Kier molecular flexibility index (Phi) is 5.83. The number of ether oxygens (including phenoxy) is 1. The molecule has 8 unspecified atom stereocenters. The predicted octanol–water partition coefficient (Wildman–Crippen LogP) is 6.89. The largest absolute Gasteiger partial charge is 0.466 e. The maximum Gasteiger partial charge on any atom is 0.312 e. The van der Waals surface area contributed by atoms with Gasteiger partial charge in [-0.1, -0.05) is 54.0 Å². The van der Waals surface area contributed by atoms with Gasteiger partial charge in [-0.15, -0.1) is 0 Å². The van der Waals surface area contributed by atoms with Crippen molar-refractivity contribution in [3.63, 3.8) is 0 Å². The molecule has 0 radical (unpaired) electrons. The second kappa shape index (κ2) is 7.93. The van der Waals surface area contributed by atoms with Gasteiger partial charge in [-0.3, -0.25) is 9.59 Å². The van der Waals surface area contributed by atoms with E-state index >= 15 is 0 Å². The Bertz CT molecular complexity index is 992. The summed E-state index contributed by atoms with van der Waals surface area (Å²) < 4.78 is 5.72. The zero-order chi connectivity index (χ0) is 26.5. The van der Waals surface area contributed by atoms with Gasteiger partial charge in [0.25, 0.3) is 0 Å². The zero-order valence-corrected chi connectivity index (χ0v) is 24.1. The van der Waals surface area contributed by atoms with Crippen molar-refractivity contribution in [2.75, 3.05) is 6.61 Å². The van der Waals surface area contributed by atoms with Gasteiger partial charge in [0.15, 0.2) is 5.78 Å². The first-order valence-corrected chi connectivity index (χ1v) is 14.7. The van der Waals surface area contributed by atoms with Gasteiger partial charge in [0.05, 0.1) is 18.1 Å². The van der Waals surface area contributed by atoms with Crippen molar-refractivity contribution in [3.05, 3.63) is 11.6 Å². The fraction of sp³-hybridized carbons (Fsp3) is 0.875. The molecule has 202 valence electrons. The third-order valence-electron chi connectivity index (χ3n) is 13.1. The summed E-state index contributed by atoms with van der Waals surface area (Å²) in [5.74, 6) is 0.477. The number of allylic oxidation sites excluding steroid dienone is 2. The highest BCUT2D eigenvalue weighted by Gasteiger charge is 2.71. The average Bonchev–Trinajstić information content (AvgIpc) is 2.78. The van der Waals surface area contributed by atoms with Crippen LogP contribution in [0.2, 0.25) is 0 Å². The van der Waals surface area contributed by atoms with Crippen LogP contribution in [0.15, 0.2) is 11.6 Å². The standard InChI is InChI=1S/C32H50O4/c1-9-36-26(35)32-16-14-27(2,3)19-20(32)25-21(33)18-23-29(6)12-11-24(34)28(4,5)22(29)10-13-30(23,7)31(25,8)15-17-32/h18,20,22,24-25,34H,9-17,19H2,1-8H3. The van der Waals surface area contributed by atoms with Crippen molar-refractivity contribution >= 4 is 11.8 Å². The van der Waals surface area contributed by atoms with E-state index in [-0.39, 0.29) is 56.8 Å². The molecule has 36 heavy (non-hydrogen) atoms. The van der Waals surface area contributed by atoms with Crippen LogP contribution in [-0.2, 0) is 14.3 Å². The molecule has 5 rings (SSSR count). The van der Waals surface area contributed by atoms with Gasteiger partial charge in [0.1, 0.15) is 0 Å². The van der Waals surface area contributed by atoms with E-state index in [1.807, 2.05) is 6.92 Å². The predicted molar refractivity (Wildman–Crippen MR) is 142 cm³/mol. The van der Waals surface area contributed by atoms with Crippen molar-refractivity contribution in [2.24, 2.45) is 50.2 Å². The van der Waals surface area contributed by atoms with Crippen LogP contribution >= 0.6 is 0 Å². The molecule has 4 saturated carbocycles. The van der Waals surface area contributed by atoms with Crippen LogP contribution in [0.25, 0.3) is 0 Å². The molecule has 8 atom stereocenters. The summed E-state index contributed by atoms with van der Waals surface area (Å²) in [7, 11) is 0. The smallest absolute Gasteiger partial charge is 0.312 e. The van der Waals surface area contributed by atoms with E-state index < -0.39 is 5.41 Å². The summed E-state index contributed by atoms with van der Waals surface area (Å²) in [4.78, 5) is 28.0. The quantitative estimate of drug-likeness (QED) is 0.421. The summed E-state index contributed by atoms with van der Waals surface area (Å²) in [6, 6.07) is 0. The molecule has 4 fully saturated rings. The minimum Gasteiger partial charge on any atom is -0.466 e. The first-order chi connectivity index (χ1) is 16.6. The Balaban J connectivity index is 1.64. The molecule has 0 saturated heterocycles. The zero-order valence-electron chi connectivity index (χ0n) is 24.1. The summed E-state index contributed by atoms with van der Waals surface area (Å²) in [5.41, 5.74) is 0.487. The van der Waals surface area contributed by atoms with Gasteiger partial charge in [-0.2, -0.15) is 0 Å². The highest BCUT2D eigenvalue weighted by atomic mass is 16.5. The molecule has 4 nitrogen and oxygen atoms in total. The van der Waals surface area contributed by atoms with Crippen LogP contribution in [-0.4, -0.2) is 29.6 Å². The molecule has 0 aromatic rings. The molecule has 4 heteroatoms. The lowest BCUT2D eigenvalue weighted by Crippen LogP contribution is -2.66. The SMILES string of the molecule is CCOC(=O)C12CCC(C)(C)CC1C1C(=O)C=C3C4(C)CCC(O)C(C)(C)C4CCC3(C)C1(C)CC2. The van der Waals surface area contributed by atoms with Gasteiger partial charge in [0, 0.05) is 5.92 Å². The summed E-state index contributed by atoms with van der Waals surface area (Å²) in [6.07, 6.45) is 10.2. The Morgan fingerprint density at radius 1 is 0.972 bits per heavy atom. The van der Waals surface area contributed by atoms with Crippen LogP contribution in [0.3, 0.4) is 0 Å². The topological polar surface area (TPSA) is 63.6 Å². The van der Waals surface area contributed by atoms with Gasteiger partial charge >= 0.3 is 5.97 Å². The lowest BCUT2D eigenvalue weighted by Gasteiger charge is -2.70. The van der Waals surface area contributed by atoms with E-state index in [0.29, 0.717) is 12.5 Å². The van der Waals surface area contributed by atoms with Gasteiger partial charge < -0.3 is 9.84 Å². The van der Waals surface area contributed by atoms with Crippen molar-refractivity contribution < 1.29 is 19.4 Å². The molecule has 0 spiro atoms. The molecule has 1 N–H and O–H groups in total. The molecule has 0 aromatic carbocycles. The number of carbonyl (C=O) groups is 2. The van der Waals surface area contributed by atoms with Crippen molar-refractivity contribution in [1.82, 2.24) is 0 Å². The third-order valence-corrected chi connectivity index (χ3v) is 13.1. The highest BCUT2D eigenvalue weighted by Crippen LogP contribution is 2.75. The van der Waals surface area contributed by atoms with Crippen molar-refractivity contribution in [1.29, 1.82) is 0 Å². The van der Waals surface area contributed by atoms with Crippen LogP contribution in [0, 0.1) is 50.2 Å². The lowest BCUT2D eigenvalue weighted by atomic mass is 9.34. The Morgan fingerprint density at radius 3 is 2.31 bits per heavy atom. The molecule has 0 heterocycles. The van der Waals surface area contributed by atoms with Crippen LogP contribution in [0.1, 0.15) is 113 Å². The molecular weight excluding hydrogens is 448 g/mol. The first kappa shape index (κ1) is 26.4. The minimum absolute atomic E-state index is 0.0383. The Morgan fingerprint density at radius 2 is 1.64 bits per heavy atom. The van der Waals surface area contributed by atoms with Crippen molar-refractivity contribution in [3.8, 4) is 0 Å². The third kappa shape index (κ3) is 3.21. The highest BCUT2D eigenvalue weighted by molar-refractivity contribution is 5.96. The fourth-order valence-electron chi connectivity index (χ4n) is 10.6. The number of aliphatic hydroxyl groups is 1. The first-order valence-electron chi connectivity index (χ1n) is 14.7. The molecule has 5 aliphatic rings. The van der Waals surface area contributed by atoms with Crippen LogP contribution < -0.4 is 0 Å².